The number of anilines is 1. The molecule has 6 nitrogen and oxygen atoms in total. The van der Waals surface area contributed by atoms with Gasteiger partial charge in [-0.15, -0.1) is 0 Å². The summed E-state index contributed by atoms with van der Waals surface area (Å²) in [4.78, 5) is 20.5. The van der Waals surface area contributed by atoms with Crippen molar-refractivity contribution in [3.05, 3.63) is 24.4 Å². The third-order valence-corrected chi connectivity index (χ3v) is 1.98. The van der Waals surface area contributed by atoms with Crippen LogP contribution in [0.15, 0.2) is 18.6 Å². The largest absolute Gasteiger partial charge is 0.368 e. The third-order valence-electron chi connectivity index (χ3n) is 1.98. The molecule has 0 amide bonds. The zero-order valence-corrected chi connectivity index (χ0v) is 9.12. The Morgan fingerprint density at radius 2 is 1.94 bits per heavy atom. The lowest BCUT2D eigenvalue weighted by Crippen LogP contribution is -2.06. The number of aromatic nitrogens is 5. The molecule has 0 fully saturated rings. The number of rotatable bonds is 2. The maximum Gasteiger partial charge on any atom is 0.223 e. The Kier molecular flexibility index (Phi) is 2.72. The lowest BCUT2D eigenvalue weighted by Gasteiger charge is -2.06. The second-order valence-electron chi connectivity index (χ2n) is 3.62. The molecule has 0 radical (unpaired) electrons. The van der Waals surface area contributed by atoms with E-state index >= 15 is 0 Å². The van der Waals surface area contributed by atoms with Gasteiger partial charge < -0.3 is 5.73 Å². The molecule has 2 aromatic rings. The fraction of sp³-hybridized carbons (Fsp3) is 0.300. The van der Waals surface area contributed by atoms with Gasteiger partial charge in [-0.05, 0) is 0 Å². The SMILES string of the molecule is CC(C)c1nc(N)nc(-c2cnccn2)n1. The van der Waals surface area contributed by atoms with Gasteiger partial charge in [0.15, 0.2) is 5.82 Å². The predicted octanol–water partition coefficient (Wildman–Crippen LogP) is 1.03. The summed E-state index contributed by atoms with van der Waals surface area (Å²) in [5.74, 6) is 1.53. The first-order valence-corrected chi connectivity index (χ1v) is 4.94. The molecule has 6 heteroatoms. The van der Waals surface area contributed by atoms with Crippen molar-refractivity contribution in [1.29, 1.82) is 0 Å². The summed E-state index contributed by atoms with van der Waals surface area (Å²) >= 11 is 0. The molecule has 0 aliphatic carbocycles. The second kappa shape index (κ2) is 4.18. The van der Waals surface area contributed by atoms with Crippen LogP contribution in [0, 0.1) is 0 Å². The van der Waals surface area contributed by atoms with Gasteiger partial charge >= 0.3 is 0 Å². The third kappa shape index (κ3) is 2.10. The number of hydrogen-bond acceptors (Lipinski definition) is 6. The molecule has 0 spiro atoms. The average Bonchev–Trinajstić information content (AvgIpc) is 2.29. The molecule has 0 atom stereocenters. The fourth-order valence-electron chi connectivity index (χ4n) is 1.20. The molecule has 2 aromatic heterocycles. The standard InChI is InChI=1S/C10H12N6/c1-6(2)8-14-9(16-10(11)15-8)7-5-12-3-4-13-7/h3-6H,1-2H3,(H2,11,14,15,16). The Morgan fingerprint density at radius 1 is 1.12 bits per heavy atom. The number of hydrogen-bond donors (Lipinski definition) is 1. The topological polar surface area (TPSA) is 90.5 Å². The molecule has 2 heterocycles. The van der Waals surface area contributed by atoms with Crippen molar-refractivity contribution in [3.8, 4) is 11.5 Å². The maximum atomic E-state index is 5.62. The van der Waals surface area contributed by atoms with Crippen molar-refractivity contribution < 1.29 is 0 Å². The van der Waals surface area contributed by atoms with Gasteiger partial charge in [-0.1, -0.05) is 13.8 Å². The van der Waals surface area contributed by atoms with Crippen molar-refractivity contribution in [1.82, 2.24) is 24.9 Å². The van der Waals surface area contributed by atoms with E-state index in [0.717, 1.165) is 0 Å². The van der Waals surface area contributed by atoms with Gasteiger partial charge in [0, 0.05) is 18.3 Å². The molecule has 2 rings (SSSR count). The average molecular weight is 216 g/mol. The van der Waals surface area contributed by atoms with Gasteiger partial charge in [-0.3, -0.25) is 4.98 Å². The highest BCUT2D eigenvalue weighted by molar-refractivity contribution is 5.48. The van der Waals surface area contributed by atoms with Crippen molar-refractivity contribution in [2.24, 2.45) is 0 Å². The Balaban J connectivity index is 2.50. The van der Waals surface area contributed by atoms with Crippen LogP contribution in [0.3, 0.4) is 0 Å². The monoisotopic (exact) mass is 216 g/mol. The van der Waals surface area contributed by atoms with Crippen LogP contribution >= 0.6 is 0 Å². The van der Waals surface area contributed by atoms with Crippen LogP contribution in [0.2, 0.25) is 0 Å². The molecule has 0 aliphatic heterocycles. The highest BCUT2D eigenvalue weighted by Crippen LogP contribution is 2.15. The van der Waals surface area contributed by atoms with Crippen LogP contribution in [0.4, 0.5) is 5.95 Å². The van der Waals surface area contributed by atoms with Crippen molar-refractivity contribution in [2.45, 2.75) is 19.8 Å². The Bertz CT molecular complexity index is 482. The van der Waals surface area contributed by atoms with E-state index < -0.39 is 0 Å². The molecule has 0 aliphatic rings. The van der Waals surface area contributed by atoms with E-state index in [2.05, 4.69) is 24.9 Å². The molecule has 16 heavy (non-hydrogen) atoms. The quantitative estimate of drug-likeness (QED) is 0.806. The van der Waals surface area contributed by atoms with Crippen LogP contribution in [-0.2, 0) is 0 Å². The Hall–Kier alpha value is -2.11. The molecular weight excluding hydrogens is 204 g/mol. The zero-order chi connectivity index (χ0) is 11.5. The minimum absolute atomic E-state index is 0.195. The van der Waals surface area contributed by atoms with E-state index in [9.17, 15) is 0 Å². The van der Waals surface area contributed by atoms with Crippen molar-refractivity contribution >= 4 is 5.95 Å². The fourth-order valence-corrected chi connectivity index (χ4v) is 1.20. The van der Waals surface area contributed by atoms with Gasteiger partial charge in [0.1, 0.15) is 11.5 Å². The summed E-state index contributed by atoms with van der Waals surface area (Å²) in [7, 11) is 0. The van der Waals surface area contributed by atoms with E-state index in [4.69, 9.17) is 5.73 Å². The first-order valence-electron chi connectivity index (χ1n) is 4.94. The second-order valence-corrected chi connectivity index (χ2v) is 3.62. The highest BCUT2D eigenvalue weighted by Gasteiger charge is 2.10. The summed E-state index contributed by atoms with van der Waals surface area (Å²) in [5.41, 5.74) is 6.22. The summed E-state index contributed by atoms with van der Waals surface area (Å²) in [6.45, 7) is 3.99. The Labute approximate surface area is 93.0 Å². The molecule has 2 N–H and O–H groups in total. The summed E-state index contributed by atoms with van der Waals surface area (Å²) in [5, 5.41) is 0. The van der Waals surface area contributed by atoms with Crippen LogP contribution in [0.5, 0.6) is 0 Å². The van der Waals surface area contributed by atoms with Crippen LogP contribution in [-0.4, -0.2) is 24.9 Å². The van der Waals surface area contributed by atoms with Crippen LogP contribution < -0.4 is 5.73 Å². The first kappa shape index (κ1) is 10.4. The van der Waals surface area contributed by atoms with E-state index in [1.54, 1.807) is 18.6 Å². The van der Waals surface area contributed by atoms with Crippen molar-refractivity contribution in [3.63, 3.8) is 0 Å². The summed E-state index contributed by atoms with van der Waals surface area (Å²) in [6, 6.07) is 0. The Morgan fingerprint density at radius 3 is 2.56 bits per heavy atom. The number of nitrogens with zero attached hydrogens (tertiary/aromatic N) is 5. The summed E-state index contributed by atoms with van der Waals surface area (Å²) in [6.07, 6.45) is 4.78. The number of nitrogen functional groups attached to an aromatic ring is 1. The normalized spacial score (nSPS) is 10.7. The number of nitrogens with two attached hydrogens (primary N) is 1. The predicted molar refractivity (Wildman–Crippen MR) is 59.4 cm³/mol. The molecule has 82 valence electrons. The van der Waals surface area contributed by atoms with Gasteiger partial charge in [0.05, 0.1) is 6.20 Å². The smallest absolute Gasteiger partial charge is 0.223 e. The van der Waals surface area contributed by atoms with Gasteiger partial charge in [0.2, 0.25) is 5.95 Å². The first-order chi connectivity index (χ1) is 7.66. The van der Waals surface area contributed by atoms with Crippen LogP contribution in [0.25, 0.3) is 11.5 Å². The molecule has 0 saturated carbocycles. The molecule has 0 bridgehead atoms. The van der Waals surface area contributed by atoms with Gasteiger partial charge in [-0.25, -0.2) is 9.97 Å². The lowest BCUT2D eigenvalue weighted by atomic mass is 10.2. The molecule has 0 aromatic carbocycles. The summed E-state index contributed by atoms with van der Waals surface area (Å²) < 4.78 is 0. The van der Waals surface area contributed by atoms with E-state index in [-0.39, 0.29) is 11.9 Å². The highest BCUT2D eigenvalue weighted by atomic mass is 15.1. The minimum Gasteiger partial charge on any atom is -0.368 e. The van der Waals surface area contributed by atoms with Gasteiger partial charge in [-0.2, -0.15) is 9.97 Å². The molecular formula is C10H12N6. The molecule has 0 unspecified atom stereocenters. The minimum atomic E-state index is 0.195. The molecule has 0 saturated heterocycles. The van der Waals surface area contributed by atoms with E-state index in [0.29, 0.717) is 17.3 Å². The van der Waals surface area contributed by atoms with Gasteiger partial charge in [0.25, 0.3) is 0 Å². The van der Waals surface area contributed by atoms with Crippen molar-refractivity contribution in [2.75, 3.05) is 5.73 Å². The van der Waals surface area contributed by atoms with Crippen LogP contribution in [0.1, 0.15) is 25.6 Å². The lowest BCUT2D eigenvalue weighted by molar-refractivity contribution is 0.766. The van der Waals surface area contributed by atoms with E-state index in [1.807, 2.05) is 13.8 Å². The maximum absolute atomic E-state index is 5.62. The zero-order valence-electron chi connectivity index (χ0n) is 9.12. The van der Waals surface area contributed by atoms with E-state index in [1.165, 1.54) is 0 Å².